The van der Waals surface area contributed by atoms with Crippen LogP contribution in [-0.2, 0) is 0 Å². The molecule has 2 aromatic heterocycles. The monoisotopic (exact) mass is 181 g/mol. The van der Waals surface area contributed by atoms with Crippen LogP contribution in [-0.4, -0.2) is 12.8 Å². The van der Waals surface area contributed by atoms with E-state index in [2.05, 4.69) is 25.0 Å². The van der Waals surface area contributed by atoms with Crippen LogP contribution in [0.3, 0.4) is 0 Å². The lowest BCUT2D eigenvalue weighted by molar-refractivity contribution is 0.669. The number of hydrogen-bond donors (Lipinski definition) is 0. The highest BCUT2D eigenvalue weighted by Crippen LogP contribution is 2.25. The lowest BCUT2D eigenvalue weighted by atomic mass is 9.94. The first-order valence-electron chi connectivity index (χ1n) is 4.58. The van der Waals surface area contributed by atoms with Crippen LogP contribution in [0.5, 0.6) is 0 Å². The summed E-state index contributed by atoms with van der Waals surface area (Å²) in [5.41, 5.74) is 2.99. The molecule has 2 heterocycles. The Morgan fingerprint density at radius 1 is 1.14 bits per heavy atom. The number of benzene rings is 1. The Morgan fingerprint density at radius 3 is 3.00 bits per heavy atom. The van der Waals surface area contributed by atoms with Crippen LogP contribution >= 0.6 is 0 Å². The van der Waals surface area contributed by atoms with Crippen molar-refractivity contribution >= 4 is 35.2 Å². The summed E-state index contributed by atoms with van der Waals surface area (Å²) >= 11 is 0. The third-order valence-electron chi connectivity index (χ3n) is 2.50. The first kappa shape index (κ1) is 7.62. The SMILES string of the molecule is Bc1cccc2c1oc1cnccc12. The van der Waals surface area contributed by atoms with Crippen molar-refractivity contribution in [3.05, 3.63) is 36.7 Å². The lowest BCUT2D eigenvalue weighted by Crippen LogP contribution is -2.00. The molecule has 0 N–H and O–H groups in total. The van der Waals surface area contributed by atoms with Crippen LogP contribution in [0.4, 0.5) is 0 Å². The van der Waals surface area contributed by atoms with E-state index in [0.29, 0.717) is 0 Å². The molecule has 0 aliphatic carbocycles. The molecule has 0 spiro atoms. The fourth-order valence-electron chi connectivity index (χ4n) is 1.79. The third kappa shape index (κ3) is 0.895. The zero-order valence-electron chi connectivity index (χ0n) is 7.82. The van der Waals surface area contributed by atoms with Crippen molar-refractivity contribution in [1.82, 2.24) is 4.98 Å². The van der Waals surface area contributed by atoms with E-state index < -0.39 is 0 Å². The number of hydrogen-bond acceptors (Lipinski definition) is 2. The molecular formula is C11H8BNO. The number of furan rings is 1. The molecule has 0 amide bonds. The standard InChI is InChI=1S/C11H8BNO/c12-9-3-1-2-8-7-4-5-13-6-10(7)14-11(8)9/h1-6H,12H2. The number of fused-ring (bicyclic) bond motifs is 3. The highest BCUT2D eigenvalue weighted by atomic mass is 16.3. The van der Waals surface area contributed by atoms with Crippen LogP contribution in [0.1, 0.15) is 0 Å². The largest absolute Gasteiger partial charge is 0.455 e. The van der Waals surface area contributed by atoms with Gasteiger partial charge in [0.2, 0.25) is 0 Å². The van der Waals surface area contributed by atoms with Crippen molar-refractivity contribution in [2.75, 3.05) is 0 Å². The maximum Gasteiger partial charge on any atom is 0.153 e. The predicted octanol–water partition coefficient (Wildman–Crippen LogP) is 1.24. The fourth-order valence-corrected chi connectivity index (χ4v) is 1.79. The van der Waals surface area contributed by atoms with Crippen molar-refractivity contribution in [3.8, 4) is 0 Å². The molecule has 66 valence electrons. The third-order valence-corrected chi connectivity index (χ3v) is 2.50. The van der Waals surface area contributed by atoms with Gasteiger partial charge in [0, 0.05) is 17.0 Å². The summed E-state index contributed by atoms with van der Waals surface area (Å²) in [6.45, 7) is 0. The Bertz CT molecular complexity index is 615. The molecule has 0 bridgehead atoms. The second kappa shape index (κ2) is 2.61. The molecule has 0 atom stereocenters. The summed E-state index contributed by atoms with van der Waals surface area (Å²) < 4.78 is 5.72. The molecular weight excluding hydrogens is 173 g/mol. The normalized spacial score (nSPS) is 11.1. The number of rotatable bonds is 0. The van der Waals surface area contributed by atoms with E-state index in [9.17, 15) is 0 Å². The Kier molecular flexibility index (Phi) is 1.42. The van der Waals surface area contributed by atoms with E-state index in [1.54, 1.807) is 12.4 Å². The average molecular weight is 181 g/mol. The van der Waals surface area contributed by atoms with Gasteiger partial charge in [-0.2, -0.15) is 0 Å². The van der Waals surface area contributed by atoms with Gasteiger partial charge in [0.15, 0.2) is 5.58 Å². The Morgan fingerprint density at radius 2 is 2.07 bits per heavy atom. The van der Waals surface area contributed by atoms with Gasteiger partial charge >= 0.3 is 0 Å². The zero-order chi connectivity index (χ0) is 9.54. The summed E-state index contributed by atoms with van der Waals surface area (Å²) in [5.74, 6) is 0. The average Bonchev–Trinajstić information content (AvgIpc) is 2.59. The van der Waals surface area contributed by atoms with Crippen LogP contribution < -0.4 is 5.46 Å². The van der Waals surface area contributed by atoms with Gasteiger partial charge in [-0.3, -0.25) is 4.98 Å². The highest BCUT2D eigenvalue weighted by molar-refractivity contribution is 6.39. The van der Waals surface area contributed by atoms with E-state index in [1.807, 2.05) is 12.1 Å². The molecule has 0 radical (unpaired) electrons. The summed E-state index contributed by atoms with van der Waals surface area (Å²) in [5, 5.41) is 2.31. The topological polar surface area (TPSA) is 26.0 Å². The van der Waals surface area contributed by atoms with Gasteiger partial charge in [-0.1, -0.05) is 18.2 Å². The second-order valence-electron chi connectivity index (χ2n) is 3.43. The van der Waals surface area contributed by atoms with Gasteiger partial charge in [0.05, 0.1) is 6.20 Å². The number of pyridine rings is 1. The van der Waals surface area contributed by atoms with Gasteiger partial charge in [-0.25, -0.2) is 0 Å². The molecule has 0 fully saturated rings. The molecule has 3 heteroatoms. The van der Waals surface area contributed by atoms with Crippen molar-refractivity contribution in [2.45, 2.75) is 0 Å². The van der Waals surface area contributed by atoms with E-state index >= 15 is 0 Å². The minimum atomic E-state index is 0.858. The highest BCUT2D eigenvalue weighted by Gasteiger charge is 2.06. The van der Waals surface area contributed by atoms with Gasteiger partial charge < -0.3 is 4.42 Å². The van der Waals surface area contributed by atoms with Gasteiger partial charge in [-0.15, -0.1) is 0 Å². The van der Waals surface area contributed by atoms with Gasteiger partial charge in [0.1, 0.15) is 13.4 Å². The van der Waals surface area contributed by atoms with Crippen LogP contribution in [0.25, 0.3) is 21.9 Å². The van der Waals surface area contributed by atoms with Crippen LogP contribution in [0.15, 0.2) is 41.1 Å². The van der Waals surface area contributed by atoms with Crippen molar-refractivity contribution in [1.29, 1.82) is 0 Å². The summed E-state index contributed by atoms with van der Waals surface area (Å²) in [6, 6.07) is 8.17. The minimum absolute atomic E-state index is 0.858. The van der Waals surface area contributed by atoms with E-state index in [-0.39, 0.29) is 0 Å². The van der Waals surface area contributed by atoms with Crippen molar-refractivity contribution in [2.24, 2.45) is 0 Å². The smallest absolute Gasteiger partial charge is 0.153 e. The van der Waals surface area contributed by atoms with Gasteiger partial charge in [-0.05, 0) is 11.5 Å². The summed E-state index contributed by atoms with van der Waals surface area (Å²) in [6.07, 6.45) is 3.55. The Balaban J connectivity index is 2.63. The molecule has 0 aliphatic rings. The molecule has 3 rings (SSSR count). The van der Waals surface area contributed by atoms with E-state index in [0.717, 1.165) is 16.6 Å². The first-order valence-corrected chi connectivity index (χ1v) is 4.58. The molecule has 14 heavy (non-hydrogen) atoms. The Labute approximate surface area is 82.0 Å². The Hall–Kier alpha value is -1.77. The van der Waals surface area contributed by atoms with Crippen LogP contribution in [0, 0.1) is 0 Å². The second-order valence-corrected chi connectivity index (χ2v) is 3.43. The predicted molar refractivity (Wildman–Crippen MR) is 59.7 cm³/mol. The maximum atomic E-state index is 5.72. The number of nitrogens with zero attached hydrogens (tertiary/aromatic N) is 1. The summed E-state index contributed by atoms with van der Waals surface area (Å²) in [4.78, 5) is 4.04. The minimum Gasteiger partial charge on any atom is -0.455 e. The van der Waals surface area contributed by atoms with E-state index in [1.165, 1.54) is 10.8 Å². The number of para-hydroxylation sites is 1. The molecule has 0 saturated heterocycles. The molecule has 0 aliphatic heterocycles. The maximum absolute atomic E-state index is 5.72. The molecule has 0 unspecified atom stereocenters. The molecule has 1 aromatic carbocycles. The molecule has 2 nitrogen and oxygen atoms in total. The zero-order valence-corrected chi connectivity index (χ0v) is 7.82. The van der Waals surface area contributed by atoms with Crippen molar-refractivity contribution in [3.63, 3.8) is 0 Å². The van der Waals surface area contributed by atoms with Gasteiger partial charge in [0.25, 0.3) is 0 Å². The lowest BCUT2D eigenvalue weighted by Gasteiger charge is -1.91. The summed E-state index contributed by atoms with van der Waals surface area (Å²) in [7, 11) is 2.05. The number of aromatic nitrogens is 1. The van der Waals surface area contributed by atoms with Crippen molar-refractivity contribution < 1.29 is 4.42 Å². The molecule has 0 saturated carbocycles. The first-order chi connectivity index (χ1) is 6.86. The van der Waals surface area contributed by atoms with E-state index in [4.69, 9.17) is 4.42 Å². The van der Waals surface area contributed by atoms with Crippen LogP contribution in [0.2, 0.25) is 0 Å². The fraction of sp³-hybridized carbons (Fsp3) is 0. The quantitative estimate of drug-likeness (QED) is 0.487. The molecule has 3 aromatic rings.